The number of nitrogens with zero attached hydrogens (tertiary/aromatic N) is 2. The van der Waals surface area contributed by atoms with Crippen LogP contribution in [0.25, 0.3) is 11.1 Å². The largest absolute Gasteiger partial charge is 0.480 e. The number of carbonyl (C=O) groups is 1. The second-order valence-corrected chi connectivity index (χ2v) is 5.49. The lowest BCUT2D eigenvalue weighted by Gasteiger charge is -2.13. The molecule has 0 saturated carbocycles. The molecule has 2 aromatic heterocycles. The average Bonchev–Trinajstić information content (AvgIpc) is 2.67. The number of rotatable bonds is 6. The predicted molar refractivity (Wildman–Crippen MR) is 94.9 cm³/mol. The van der Waals surface area contributed by atoms with Crippen molar-refractivity contribution in [3.63, 3.8) is 0 Å². The zero-order valence-electron chi connectivity index (χ0n) is 14.1. The van der Waals surface area contributed by atoms with Crippen molar-refractivity contribution in [2.75, 3.05) is 7.11 Å². The van der Waals surface area contributed by atoms with Crippen LogP contribution in [0.1, 0.15) is 21.5 Å². The molecule has 0 aliphatic rings. The maximum atomic E-state index is 10.9. The summed E-state index contributed by atoms with van der Waals surface area (Å²) in [5.41, 5.74) is 4.77. The maximum Gasteiger partial charge on any atom is 0.227 e. The van der Waals surface area contributed by atoms with Crippen LogP contribution in [0, 0.1) is 6.92 Å². The van der Waals surface area contributed by atoms with Crippen molar-refractivity contribution >= 4 is 6.29 Å². The number of hydrogen-bond donors (Lipinski definition) is 0. The molecule has 0 fully saturated rings. The standard InChI is InChI=1S/C20H18N2O3/c1-14-17(5-3-7-18(14)15-6-4-10-21-11-15)13-25-19-9-8-16(12-23)20(22-19)24-2/h3-12H,13H2,1-2H3. The summed E-state index contributed by atoms with van der Waals surface area (Å²) in [6.07, 6.45) is 4.31. The highest BCUT2D eigenvalue weighted by molar-refractivity contribution is 5.78. The zero-order chi connectivity index (χ0) is 17.6. The fourth-order valence-electron chi connectivity index (χ4n) is 2.59. The summed E-state index contributed by atoms with van der Waals surface area (Å²) in [5.74, 6) is 0.668. The molecule has 0 radical (unpaired) electrons. The summed E-state index contributed by atoms with van der Waals surface area (Å²) in [7, 11) is 1.47. The summed E-state index contributed by atoms with van der Waals surface area (Å²) in [4.78, 5) is 19.3. The van der Waals surface area contributed by atoms with Crippen LogP contribution in [0.15, 0.2) is 54.9 Å². The Labute approximate surface area is 146 Å². The van der Waals surface area contributed by atoms with Crippen LogP contribution >= 0.6 is 0 Å². The molecule has 0 aliphatic heterocycles. The molecule has 0 atom stereocenters. The molecule has 1 aromatic carbocycles. The first-order valence-corrected chi connectivity index (χ1v) is 7.85. The second kappa shape index (κ2) is 7.57. The molecule has 0 unspecified atom stereocenters. The van der Waals surface area contributed by atoms with Gasteiger partial charge in [0.05, 0.1) is 12.7 Å². The predicted octanol–water partition coefficient (Wildman–Crippen LogP) is 3.85. The molecule has 0 bridgehead atoms. The summed E-state index contributed by atoms with van der Waals surface area (Å²) in [6, 6.07) is 13.3. The Balaban J connectivity index is 1.81. The third kappa shape index (κ3) is 3.66. The van der Waals surface area contributed by atoms with Crippen molar-refractivity contribution in [2.24, 2.45) is 0 Å². The van der Waals surface area contributed by atoms with Crippen LogP contribution in [0.3, 0.4) is 0 Å². The maximum absolute atomic E-state index is 10.9. The summed E-state index contributed by atoms with van der Waals surface area (Å²) < 4.78 is 10.9. The van der Waals surface area contributed by atoms with Gasteiger partial charge in [0.25, 0.3) is 0 Å². The molecule has 25 heavy (non-hydrogen) atoms. The van der Waals surface area contributed by atoms with Gasteiger partial charge in [-0.05, 0) is 35.7 Å². The Kier molecular flexibility index (Phi) is 5.04. The van der Waals surface area contributed by atoms with Crippen molar-refractivity contribution in [1.82, 2.24) is 9.97 Å². The Morgan fingerprint density at radius 1 is 1.12 bits per heavy atom. The second-order valence-electron chi connectivity index (χ2n) is 5.49. The molecule has 126 valence electrons. The van der Waals surface area contributed by atoms with E-state index in [0.29, 0.717) is 24.3 Å². The molecule has 3 aromatic rings. The molecule has 0 saturated heterocycles. The van der Waals surface area contributed by atoms with Gasteiger partial charge in [-0.15, -0.1) is 0 Å². The van der Waals surface area contributed by atoms with Gasteiger partial charge in [-0.25, -0.2) is 0 Å². The highest BCUT2D eigenvalue weighted by Gasteiger charge is 2.09. The molecule has 0 aliphatic carbocycles. The number of carbonyl (C=O) groups excluding carboxylic acids is 1. The van der Waals surface area contributed by atoms with Crippen molar-refractivity contribution in [2.45, 2.75) is 13.5 Å². The van der Waals surface area contributed by atoms with Crippen LogP contribution < -0.4 is 9.47 Å². The highest BCUT2D eigenvalue weighted by atomic mass is 16.5. The number of aromatic nitrogens is 2. The van der Waals surface area contributed by atoms with Crippen LogP contribution in [-0.2, 0) is 6.61 Å². The lowest BCUT2D eigenvalue weighted by Crippen LogP contribution is -2.02. The lowest BCUT2D eigenvalue weighted by atomic mass is 9.98. The van der Waals surface area contributed by atoms with Gasteiger partial charge in [0.15, 0.2) is 6.29 Å². The van der Waals surface area contributed by atoms with Crippen molar-refractivity contribution < 1.29 is 14.3 Å². The highest BCUT2D eigenvalue weighted by Crippen LogP contribution is 2.26. The molecule has 0 amide bonds. The first-order valence-electron chi connectivity index (χ1n) is 7.85. The van der Waals surface area contributed by atoms with Crippen LogP contribution in [-0.4, -0.2) is 23.4 Å². The van der Waals surface area contributed by atoms with E-state index in [2.05, 4.69) is 23.0 Å². The fraction of sp³-hybridized carbons (Fsp3) is 0.150. The third-order valence-corrected chi connectivity index (χ3v) is 3.98. The normalized spacial score (nSPS) is 10.3. The van der Waals surface area contributed by atoms with Crippen molar-refractivity contribution in [3.05, 3.63) is 71.5 Å². The van der Waals surface area contributed by atoms with Crippen molar-refractivity contribution in [1.29, 1.82) is 0 Å². The number of aldehydes is 1. The van der Waals surface area contributed by atoms with E-state index in [0.717, 1.165) is 22.3 Å². The van der Waals surface area contributed by atoms with Gasteiger partial charge in [-0.3, -0.25) is 9.78 Å². The van der Waals surface area contributed by atoms with Gasteiger partial charge in [0, 0.05) is 24.0 Å². The van der Waals surface area contributed by atoms with E-state index in [1.54, 1.807) is 18.3 Å². The molecule has 2 heterocycles. The van der Waals surface area contributed by atoms with Crippen LogP contribution in [0.2, 0.25) is 0 Å². The molecule has 5 nitrogen and oxygen atoms in total. The van der Waals surface area contributed by atoms with Crippen LogP contribution in [0.5, 0.6) is 11.8 Å². The molecule has 0 N–H and O–H groups in total. The van der Waals surface area contributed by atoms with E-state index in [9.17, 15) is 4.79 Å². The Bertz CT molecular complexity index is 879. The molecular formula is C20H18N2O3. The third-order valence-electron chi connectivity index (χ3n) is 3.98. The molecule has 5 heteroatoms. The monoisotopic (exact) mass is 334 g/mol. The molecule has 0 spiro atoms. The minimum Gasteiger partial charge on any atom is -0.480 e. The van der Waals surface area contributed by atoms with E-state index >= 15 is 0 Å². The van der Waals surface area contributed by atoms with E-state index in [1.165, 1.54) is 7.11 Å². The van der Waals surface area contributed by atoms with E-state index in [4.69, 9.17) is 9.47 Å². The number of hydrogen-bond acceptors (Lipinski definition) is 5. The number of methoxy groups -OCH3 is 1. The topological polar surface area (TPSA) is 61.3 Å². The van der Waals surface area contributed by atoms with Crippen LogP contribution in [0.4, 0.5) is 0 Å². The van der Waals surface area contributed by atoms with Gasteiger partial charge < -0.3 is 9.47 Å². The quantitative estimate of drug-likeness (QED) is 0.641. The molecular weight excluding hydrogens is 316 g/mol. The average molecular weight is 334 g/mol. The summed E-state index contributed by atoms with van der Waals surface area (Å²) >= 11 is 0. The first-order chi connectivity index (χ1) is 12.2. The van der Waals surface area contributed by atoms with Gasteiger partial charge >= 0.3 is 0 Å². The zero-order valence-corrected chi connectivity index (χ0v) is 14.1. The van der Waals surface area contributed by atoms with Gasteiger partial charge in [-0.1, -0.05) is 24.3 Å². The minimum absolute atomic E-state index is 0.258. The number of benzene rings is 1. The summed E-state index contributed by atoms with van der Waals surface area (Å²) in [5, 5.41) is 0. The smallest absolute Gasteiger partial charge is 0.227 e. The van der Waals surface area contributed by atoms with E-state index < -0.39 is 0 Å². The number of ether oxygens (including phenoxy) is 2. The van der Waals surface area contributed by atoms with Gasteiger partial charge in [0.2, 0.25) is 11.8 Å². The Morgan fingerprint density at radius 3 is 2.72 bits per heavy atom. The Morgan fingerprint density at radius 2 is 2.00 bits per heavy atom. The van der Waals surface area contributed by atoms with Crippen molar-refractivity contribution in [3.8, 4) is 22.9 Å². The number of pyridine rings is 2. The summed E-state index contributed by atoms with van der Waals surface area (Å²) in [6.45, 7) is 2.43. The SMILES string of the molecule is COc1nc(OCc2cccc(-c3cccnc3)c2C)ccc1C=O. The minimum atomic E-state index is 0.258. The fourth-order valence-corrected chi connectivity index (χ4v) is 2.59. The Hall–Kier alpha value is -3.21. The van der Waals surface area contributed by atoms with E-state index in [-0.39, 0.29) is 5.88 Å². The lowest BCUT2D eigenvalue weighted by molar-refractivity contribution is 0.111. The first kappa shape index (κ1) is 16.6. The van der Waals surface area contributed by atoms with Gasteiger partial charge in [-0.2, -0.15) is 4.98 Å². The van der Waals surface area contributed by atoms with Gasteiger partial charge in [0.1, 0.15) is 6.61 Å². The van der Waals surface area contributed by atoms with E-state index in [1.807, 2.05) is 30.5 Å². The molecule has 3 rings (SSSR count).